The largest absolute Gasteiger partial charge is 0.410 e. The van der Waals surface area contributed by atoms with Gasteiger partial charge in [0.25, 0.3) is 5.91 Å². The Bertz CT molecular complexity index is 323. The molecule has 0 aliphatic carbocycles. The van der Waals surface area contributed by atoms with Crippen LogP contribution in [-0.2, 0) is 4.79 Å². The smallest absolute Gasteiger partial charge is 0.287 e. The number of hydrazine groups is 1. The van der Waals surface area contributed by atoms with Crippen LogP contribution in [0, 0.1) is 0 Å². The van der Waals surface area contributed by atoms with E-state index in [-0.39, 0.29) is 5.71 Å². The van der Waals surface area contributed by atoms with Gasteiger partial charge in [0.1, 0.15) is 0 Å². The van der Waals surface area contributed by atoms with E-state index in [2.05, 4.69) is 10.1 Å². The number of carbonyl (C=O) groups is 1. The summed E-state index contributed by atoms with van der Waals surface area (Å²) >= 11 is 0. The number of hydrogen-bond donors (Lipinski definition) is 3. The SMILES string of the molecule is NNC(=O)/C(=N\O)c1cccnc1. The van der Waals surface area contributed by atoms with Crippen molar-refractivity contribution in [2.45, 2.75) is 0 Å². The molecule has 0 saturated carbocycles. The lowest BCUT2D eigenvalue weighted by Gasteiger charge is -2.00. The second kappa shape index (κ2) is 4.17. The molecule has 0 radical (unpaired) electrons. The van der Waals surface area contributed by atoms with Crippen LogP contribution in [0.5, 0.6) is 0 Å². The summed E-state index contributed by atoms with van der Waals surface area (Å²) in [5.41, 5.74) is 2.08. The number of carbonyl (C=O) groups excluding carboxylic acids is 1. The molecule has 1 heterocycles. The zero-order chi connectivity index (χ0) is 9.68. The van der Waals surface area contributed by atoms with Gasteiger partial charge in [0.15, 0.2) is 5.71 Å². The average Bonchev–Trinajstić information content (AvgIpc) is 2.20. The van der Waals surface area contributed by atoms with Crippen LogP contribution in [0.15, 0.2) is 29.7 Å². The van der Waals surface area contributed by atoms with Gasteiger partial charge in [-0.2, -0.15) is 0 Å². The molecule has 0 bridgehead atoms. The van der Waals surface area contributed by atoms with Crippen molar-refractivity contribution in [1.29, 1.82) is 0 Å². The fourth-order valence-corrected chi connectivity index (χ4v) is 0.805. The Morgan fingerprint density at radius 3 is 2.92 bits per heavy atom. The Morgan fingerprint density at radius 2 is 2.46 bits per heavy atom. The quantitative estimate of drug-likeness (QED) is 0.183. The number of nitrogens with zero attached hydrogens (tertiary/aromatic N) is 2. The molecule has 0 spiro atoms. The predicted octanol–water partition coefficient (Wildman–Crippen LogP) is -0.750. The molecule has 1 amide bonds. The van der Waals surface area contributed by atoms with Crippen LogP contribution in [0.4, 0.5) is 0 Å². The average molecular weight is 180 g/mol. The summed E-state index contributed by atoms with van der Waals surface area (Å²) in [7, 11) is 0. The van der Waals surface area contributed by atoms with E-state index in [9.17, 15) is 4.79 Å². The fourth-order valence-electron chi connectivity index (χ4n) is 0.805. The lowest BCUT2D eigenvalue weighted by Crippen LogP contribution is -2.36. The predicted molar refractivity (Wildman–Crippen MR) is 44.9 cm³/mol. The first kappa shape index (κ1) is 9.14. The molecule has 0 aromatic carbocycles. The van der Waals surface area contributed by atoms with Crippen molar-refractivity contribution >= 4 is 11.6 Å². The number of pyridine rings is 1. The summed E-state index contributed by atoms with van der Waals surface area (Å²) in [6.45, 7) is 0. The van der Waals surface area contributed by atoms with Crippen molar-refractivity contribution in [3.05, 3.63) is 30.1 Å². The topological polar surface area (TPSA) is 101 Å². The molecule has 0 fully saturated rings. The van der Waals surface area contributed by atoms with E-state index >= 15 is 0 Å². The lowest BCUT2D eigenvalue weighted by molar-refractivity contribution is -0.114. The highest BCUT2D eigenvalue weighted by atomic mass is 16.4. The van der Waals surface area contributed by atoms with Crippen LogP contribution in [0.2, 0.25) is 0 Å². The Kier molecular flexibility index (Phi) is 2.93. The van der Waals surface area contributed by atoms with E-state index in [0.717, 1.165) is 0 Å². The van der Waals surface area contributed by atoms with Crippen LogP contribution >= 0.6 is 0 Å². The number of nitrogens with one attached hydrogen (secondary N) is 1. The van der Waals surface area contributed by atoms with Gasteiger partial charge in [0.2, 0.25) is 0 Å². The zero-order valence-electron chi connectivity index (χ0n) is 6.64. The third kappa shape index (κ3) is 2.00. The molecule has 0 aliphatic heterocycles. The molecule has 1 rings (SSSR count). The van der Waals surface area contributed by atoms with Crippen LogP contribution in [0.3, 0.4) is 0 Å². The molecule has 1 aromatic heterocycles. The summed E-state index contributed by atoms with van der Waals surface area (Å²) < 4.78 is 0. The maximum atomic E-state index is 11.0. The molecule has 0 unspecified atom stereocenters. The van der Waals surface area contributed by atoms with Gasteiger partial charge in [-0.3, -0.25) is 15.2 Å². The van der Waals surface area contributed by atoms with Crippen molar-refractivity contribution in [3.8, 4) is 0 Å². The minimum Gasteiger partial charge on any atom is -0.410 e. The van der Waals surface area contributed by atoms with Crippen molar-refractivity contribution in [1.82, 2.24) is 10.4 Å². The summed E-state index contributed by atoms with van der Waals surface area (Å²) in [5, 5.41) is 11.3. The third-order valence-corrected chi connectivity index (χ3v) is 1.38. The number of rotatable bonds is 2. The maximum absolute atomic E-state index is 11.0. The van der Waals surface area contributed by atoms with Crippen molar-refractivity contribution in [2.75, 3.05) is 0 Å². The number of amides is 1. The van der Waals surface area contributed by atoms with E-state index in [1.165, 1.54) is 6.20 Å². The third-order valence-electron chi connectivity index (χ3n) is 1.38. The molecule has 6 nitrogen and oxygen atoms in total. The molecule has 0 aliphatic rings. The lowest BCUT2D eigenvalue weighted by atomic mass is 10.2. The standard InChI is InChI=1S/C7H8N4O2/c8-10-7(12)6(11-13)5-2-1-3-9-4-5/h1-4,13H,8H2,(H,10,12)/b11-6-. The van der Waals surface area contributed by atoms with Crippen molar-refractivity contribution in [2.24, 2.45) is 11.0 Å². The van der Waals surface area contributed by atoms with Gasteiger partial charge in [-0.05, 0) is 12.1 Å². The van der Waals surface area contributed by atoms with Gasteiger partial charge in [-0.1, -0.05) is 5.16 Å². The summed E-state index contributed by atoms with van der Waals surface area (Å²) in [6, 6.07) is 3.20. The molecule has 1 aromatic rings. The van der Waals surface area contributed by atoms with Crippen LogP contribution in [0.25, 0.3) is 0 Å². The molecular formula is C7H8N4O2. The van der Waals surface area contributed by atoms with Crippen LogP contribution in [-0.4, -0.2) is 21.8 Å². The Hall–Kier alpha value is -1.95. The molecule has 4 N–H and O–H groups in total. The number of hydrogen-bond acceptors (Lipinski definition) is 5. The number of aromatic nitrogens is 1. The Labute approximate surface area is 74.0 Å². The van der Waals surface area contributed by atoms with Gasteiger partial charge in [0, 0.05) is 18.0 Å². The summed E-state index contributed by atoms with van der Waals surface area (Å²) in [4.78, 5) is 14.7. The zero-order valence-corrected chi connectivity index (χ0v) is 6.64. The van der Waals surface area contributed by atoms with Crippen molar-refractivity contribution < 1.29 is 10.0 Å². The molecule has 13 heavy (non-hydrogen) atoms. The van der Waals surface area contributed by atoms with Crippen LogP contribution in [0.1, 0.15) is 5.56 Å². The van der Waals surface area contributed by atoms with E-state index in [4.69, 9.17) is 11.0 Å². The molecule has 6 heteroatoms. The highest BCUT2D eigenvalue weighted by Gasteiger charge is 2.12. The molecule has 0 saturated heterocycles. The van der Waals surface area contributed by atoms with E-state index in [1.54, 1.807) is 18.3 Å². The van der Waals surface area contributed by atoms with Gasteiger partial charge >= 0.3 is 0 Å². The van der Waals surface area contributed by atoms with Gasteiger partial charge in [-0.25, -0.2) is 5.84 Å². The number of nitrogens with two attached hydrogens (primary N) is 1. The first-order valence-corrected chi connectivity index (χ1v) is 3.43. The first-order chi connectivity index (χ1) is 6.29. The van der Waals surface area contributed by atoms with Crippen molar-refractivity contribution in [3.63, 3.8) is 0 Å². The number of oxime groups is 1. The highest BCUT2D eigenvalue weighted by molar-refractivity contribution is 6.44. The highest BCUT2D eigenvalue weighted by Crippen LogP contribution is 1.98. The summed E-state index contributed by atoms with van der Waals surface area (Å²) in [6.07, 6.45) is 2.93. The fraction of sp³-hybridized carbons (Fsp3) is 0. The van der Waals surface area contributed by atoms with Crippen LogP contribution < -0.4 is 11.3 Å². The Balaban J connectivity index is 3.00. The normalized spacial score (nSPS) is 11.0. The molecular weight excluding hydrogens is 172 g/mol. The van der Waals surface area contributed by atoms with Gasteiger partial charge in [-0.15, -0.1) is 0 Å². The molecule has 0 atom stereocenters. The van der Waals surface area contributed by atoms with Gasteiger partial charge in [0.05, 0.1) is 0 Å². The first-order valence-electron chi connectivity index (χ1n) is 3.43. The van der Waals surface area contributed by atoms with E-state index in [0.29, 0.717) is 5.56 Å². The van der Waals surface area contributed by atoms with E-state index in [1.807, 2.05) is 5.43 Å². The minimum absolute atomic E-state index is 0.171. The van der Waals surface area contributed by atoms with E-state index < -0.39 is 5.91 Å². The minimum atomic E-state index is -0.671. The molecule has 68 valence electrons. The maximum Gasteiger partial charge on any atom is 0.287 e. The second-order valence-corrected chi connectivity index (χ2v) is 2.16. The van der Waals surface area contributed by atoms with Gasteiger partial charge < -0.3 is 5.21 Å². The second-order valence-electron chi connectivity index (χ2n) is 2.16. The monoisotopic (exact) mass is 180 g/mol. The Morgan fingerprint density at radius 1 is 1.69 bits per heavy atom. The summed E-state index contributed by atoms with van der Waals surface area (Å²) in [5.74, 6) is 4.20.